The second-order valence-electron chi connectivity index (χ2n) is 4.28. The van der Waals surface area contributed by atoms with Gasteiger partial charge in [0.1, 0.15) is 6.04 Å². The van der Waals surface area contributed by atoms with E-state index in [1.54, 1.807) is 0 Å². The Bertz CT molecular complexity index is 455. The molecule has 1 heterocycles. The minimum atomic E-state index is -0.347. The van der Waals surface area contributed by atoms with Crippen molar-refractivity contribution in [3.8, 4) is 6.07 Å². The fraction of sp³-hybridized carbons (Fsp3) is 0.462. The summed E-state index contributed by atoms with van der Waals surface area (Å²) >= 11 is 9.37. The van der Waals surface area contributed by atoms with Gasteiger partial charge in [-0.25, -0.2) is 0 Å². The third-order valence-corrected chi connectivity index (χ3v) is 4.21. The molecular weight excluding hydrogens is 316 g/mol. The Morgan fingerprint density at radius 1 is 1.61 bits per heavy atom. The average Bonchev–Trinajstić information content (AvgIpc) is 2.87. The molecule has 0 radical (unpaired) electrons. The molecule has 1 aliphatic rings. The van der Waals surface area contributed by atoms with E-state index in [1.807, 2.05) is 18.2 Å². The highest BCUT2D eigenvalue weighted by molar-refractivity contribution is 9.10. The summed E-state index contributed by atoms with van der Waals surface area (Å²) in [5, 5.41) is 13.0. The van der Waals surface area contributed by atoms with Crippen LogP contribution in [-0.4, -0.2) is 19.3 Å². The Labute approximate surface area is 120 Å². The quantitative estimate of drug-likeness (QED) is 0.920. The molecule has 0 amide bonds. The zero-order chi connectivity index (χ0) is 13.0. The van der Waals surface area contributed by atoms with Gasteiger partial charge in [-0.3, -0.25) is 5.32 Å². The van der Waals surface area contributed by atoms with Crippen molar-refractivity contribution in [3.05, 3.63) is 33.3 Å². The summed E-state index contributed by atoms with van der Waals surface area (Å²) in [6.45, 7) is 1.53. The molecule has 3 nitrogen and oxygen atoms in total. The fourth-order valence-electron chi connectivity index (χ4n) is 1.98. The average molecular weight is 330 g/mol. The molecule has 2 unspecified atom stereocenters. The van der Waals surface area contributed by atoms with Crippen molar-refractivity contribution in [2.45, 2.75) is 25.0 Å². The number of nitrogens with zero attached hydrogens (tertiary/aromatic N) is 1. The summed E-state index contributed by atoms with van der Waals surface area (Å²) in [7, 11) is 0. The van der Waals surface area contributed by atoms with Crippen molar-refractivity contribution in [2.24, 2.45) is 0 Å². The van der Waals surface area contributed by atoms with E-state index in [0.29, 0.717) is 11.6 Å². The van der Waals surface area contributed by atoms with Crippen LogP contribution in [0.25, 0.3) is 0 Å². The minimum absolute atomic E-state index is 0.228. The first-order valence-electron chi connectivity index (χ1n) is 5.90. The molecule has 2 atom stereocenters. The Morgan fingerprint density at radius 2 is 2.44 bits per heavy atom. The van der Waals surface area contributed by atoms with Gasteiger partial charge in [0.2, 0.25) is 0 Å². The van der Waals surface area contributed by atoms with Gasteiger partial charge < -0.3 is 4.74 Å². The molecule has 96 valence electrons. The SMILES string of the molecule is N#CC(NCC1CCCO1)c1ccc(Br)c(Cl)c1. The largest absolute Gasteiger partial charge is 0.377 e. The molecule has 0 saturated carbocycles. The molecule has 1 aliphatic heterocycles. The van der Waals surface area contributed by atoms with Crippen LogP contribution in [0.3, 0.4) is 0 Å². The van der Waals surface area contributed by atoms with Crippen LogP contribution in [0.1, 0.15) is 24.4 Å². The molecule has 1 fully saturated rings. The molecule has 1 aromatic rings. The molecule has 0 aromatic heterocycles. The van der Waals surface area contributed by atoms with Crippen LogP contribution in [0.2, 0.25) is 5.02 Å². The van der Waals surface area contributed by atoms with Crippen molar-refractivity contribution in [2.75, 3.05) is 13.2 Å². The predicted molar refractivity (Wildman–Crippen MR) is 74.5 cm³/mol. The second-order valence-corrected chi connectivity index (χ2v) is 5.54. The van der Waals surface area contributed by atoms with E-state index in [9.17, 15) is 5.26 Å². The van der Waals surface area contributed by atoms with Crippen LogP contribution in [0, 0.1) is 11.3 Å². The monoisotopic (exact) mass is 328 g/mol. The van der Waals surface area contributed by atoms with Gasteiger partial charge in [0.15, 0.2) is 0 Å². The second kappa shape index (κ2) is 6.53. The lowest BCUT2D eigenvalue weighted by Gasteiger charge is -2.15. The molecule has 1 aromatic carbocycles. The highest BCUT2D eigenvalue weighted by Gasteiger charge is 2.18. The molecule has 1 N–H and O–H groups in total. The number of hydrogen-bond acceptors (Lipinski definition) is 3. The lowest BCUT2D eigenvalue weighted by molar-refractivity contribution is 0.109. The molecule has 5 heteroatoms. The summed E-state index contributed by atoms with van der Waals surface area (Å²) < 4.78 is 6.36. The van der Waals surface area contributed by atoms with Gasteiger partial charge >= 0.3 is 0 Å². The third kappa shape index (κ3) is 3.46. The summed E-state index contributed by atoms with van der Waals surface area (Å²) in [6.07, 6.45) is 2.40. The Hall–Kier alpha value is -0.600. The van der Waals surface area contributed by atoms with Crippen LogP contribution < -0.4 is 5.32 Å². The van der Waals surface area contributed by atoms with Gasteiger partial charge in [-0.05, 0) is 46.5 Å². The van der Waals surface area contributed by atoms with Crippen LogP contribution >= 0.6 is 27.5 Å². The molecule has 0 aliphatic carbocycles. The van der Waals surface area contributed by atoms with E-state index < -0.39 is 0 Å². The van der Waals surface area contributed by atoms with Gasteiger partial charge in [0.25, 0.3) is 0 Å². The first-order valence-corrected chi connectivity index (χ1v) is 7.07. The van der Waals surface area contributed by atoms with E-state index in [0.717, 1.165) is 29.5 Å². The van der Waals surface area contributed by atoms with Crippen LogP contribution in [-0.2, 0) is 4.74 Å². The number of nitrogens with one attached hydrogen (secondary N) is 1. The lowest BCUT2D eigenvalue weighted by atomic mass is 10.1. The Balaban J connectivity index is 1.99. The van der Waals surface area contributed by atoms with E-state index >= 15 is 0 Å². The standard InChI is InChI=1S/C13H14BrClN2O/c14-11-4-3-9(6-12(11)15)13(7-16)17-8-10-2-1-5-18-10/h3-4,6,10,13,17H,1-2,5,8H2. The molecular formula is C13H14BrClN2O. The number of hydrogen-bond donors (Lipinski definition) is 1. The molecule has 1 saturated heterocycles. The van der Waals surface area contributed by atoms with Crippen LogP contribution in [0.15, 0.2) is 22.7 Å². The highest BCUT2D eigenvalue weighted by Crippen LogP contribution is 2.26. The molecule has 18 heavy (non-hydrogen) atoms. The number of rotatable bonds is 4. The maximum Gasteiger partial charge on any atom is 0.121 e. The first kappa shape index (κ1) is 13.8. The molecule has 0 bridgehead atoms. The van der Waals surface area contributed by atoms with Gasteiger partial charge in [0.05, 0.1) is 17.2 Å². The maximum atomic E-state index is 9.21. The van der Waals surface area contributed by atoms with E-state index in [4.69, 9.17) is 16.3 Å². The summed E-state index contributed by atoms with van der Waals surface area (Å²) in [5.74, 6) is 0. The van der Waals surface area contributed by atoms with Crippen molar-refractivity contribution >= 4 is 27.5 Å². The minimum Gasteiger partial charge on any atom is -0.377 e. The van der Waals surface area contributed by atoms with Gasteiger partial charge in [0, 0.05) is 17.6 Å². The molecule has 0 spiro atoms. The van der Waals surface area contributed by atoms with E-state index in [1.165, 1.54) is 0 Å². The Morgan fingerprint density at radius 3 is 3.06 bits per heavy atom. The van der Waals surface area contributed by atoms with Crippen LogP contribution in [0.4, 0.5) is 0 Å². The van der Waals surface area contributed by atoms with Crippen LogP contribution in [0.5, 0.6) is 0 Å². The van der Waals surface area contributed by atoms with Crippen molar-refractivity contribution < 1.29 is 4.74 Å². The van der Waals surface area contributed by atoms with Crippen molar-refractivity contribution in [1.29, 1.82) is 5.26 Å². The number of benzene rings is 1. The number of halogens is 2. The van der Waals surface area contributed by atoms with Crippen molar-refractivity contribution in [1.82, 2.24) is 5.32 Å². The lowest BCUT2D eigenvalue weighted by Crippen LogP contribution is -2.29. The predicted octanol–water partition coefficient (Wildman–Crippen LogP) is 3.44. The van der Waals surface area contributed by atoms with Gasteiger partial charge in [-0.1, -0.05) is 17.7 Å². The summed E-state index contributed by atoms with van der Waals surface area (Å²) in [5.41, 5.74) is 0.878. The summed E-state index contributed by atoms with van der Waals surface area (Å²) in [6, 6.07) is 7.46. The third-order valence-electron chi connectivity index (χ3n) is 2.98. The van der Waals surface area contributed by atoms with Crippen molar-refractivity contribution in [3.63, 3.8) is 0 Å². The molecule has 2 rings (SSSR count). The number of ether oxygens (including phenoxy) is 1. The highest BCUT2D eigenvalue weighted by atomic mass is 79.9. The first-order chi connectivity index (χ1) is 8.70. The fourth-order valence-corrected chi connectivity index (χ4v) is 2.42. The number of nitriles is 1. The summed E-state index contributed by atoms with van der Waals surface area (Å²) in [4.78, 5) is 0. The topological polar surface area (TPSA) is 45.0 Å². The van der Waals surface area contributed by atoms with Gasteiger partial charge in [-0.2, -0.15) is 5.26 Å². The van der Waals surface area contributed by atoms with E-state index in [2.05, 4.69) is 27.3 Å². The smallest absolute Gasteiger partial charge is 0.121 e. The zero-order valence-corrected chi connectivity index (χ0v) is 12.2. The van der Waals surface area contributed by atoms with Gasteiger partial charge in [-0.15, -0.1) is 0 Å². The zero-order valence-electron chi connectivity index (χ0n) is 9.83. The Kier molecular flexibility index (Phi) is 5.02. The normalized spacial score (nSPS) is 20.6. The van der Waals surface area contributed by atoms with E-state index in [-0.39, 0.29) is 12.1 Å². The maximum absolute atomic E-state index is 9.21.